The Morgan fingerprint density at radius 1 is 1.68 bits per heavy atom. The van der Waals surface area contributed by atoms with E-state index in [1.807, 2.05) is 19.2 Å². The number of nitrogens with zero attached hydrogens (tertiary/aromatic N) is 2. The summed E-state index contributed by atoms with van der Waals surface area (Å²) >= 11 is 1.42. The third-order valence-corrected chi connectivity index (χ3v) is 3.23. The first-order valence-electron chi connectivity index (χ1n) is 5.69. The highest BCUT2D eigenvalue weighted by atomic mass is 32.2. The van der Waals surface area contributed by atoms with Crippen LogP contribution in [0.4, 0.5) is 5.82 Å². The van der Waals surface area contributed by atoms with Crippen molar-refractivity contribution in [3.05, 3.63) is 39.2 Å². The van der Waals surface area contributed by atoms with Crippen LogP contribution in [0.3, 0.4) is 0 Å². The Hall–Kier alpha value is -2.00. The van der Waals surface area contributed by atoms with Crippen LogP contribution in [0.1, 0.15) is 25.0 Å². The molecule has 1 rings (SSSR count). The van der Waals surface area contributed by atoms with Crippen molar-refractivity contribution in [2.45, 2.75) is 20.4 Å². The quantitative estimate of drug-likeness (QED) is 0.809. The van der Waals surface area contributed by atoms with E-state index in [2.05, 4.69) is 11.9 Å². The molecule has 0 aliphatic heterocycles. The molecule has 1 heterocycles. The van der Waals surface area contributed by atoms with Gasteiger partial charge in [0, 0.05) is 17.8 Å². The first-order valence-corrected chi connectivity index (χ1v) is 6.92. The third-order valence-electron chi connectivity index (χ3n) is 2.63. The van der Waals surface area contributed by atoms with E-state index in [9.17, 15) is 4.79 Å². The van der Waals surface area contributed by atoms with E-state index < -0.39 is 0 Å². The number of hydrogen-bond donors (Lipinski definition) is 2. The molecule has 1 aromatic heterocycles. The highest BCUT2D eigenvalue weighted by molar-refractivity contribution is 8.02. The summed E-state index contributed by atoms with van der Waals surface area (Å²) in [6, 6.07) is 3.33. The van der Waals surface area contributed by atoms with Crippen molar-refractivity contribution >= 4 is 23.3 Å². The monoisotopic (exact) mass is 276 g/mol. The lowest BCUT2D eigenvalue weighted by Gasteiger charge is -2.18. The van der Waals surface area contributed by atoms with Crippen molar-refractivity contribution in [3.8, 4) is 6.07 Å². The van der Waals surface area contributed by atoms with Gasteiger partial charge in [-0.05, 0) is 26.2 Å². The minimum absolute atomic E-state index is 0.0452. The van der Waals surface area contributed by atoms with Crippen LogP contribution in [0.15, 0.2) is 22.5 Å². The molecule has 0 amide bonds. The maximum absolute atomic E-state index is 12.1. The number of thioether (sulfide) groups is 1. The molecular formula is C13H16N4OS. The fourth-order valence-corrected chi connectivity index (χ4v) is 1.85. The van der Waals surface area contributed by atoms with Crippen molar-refractivity contribution in [2.75, 3.05) is 11.6 Å². The summed E-state index contributed by atoms with van der Waals surface area (Å²) in [5, 5.41) is 20.5. The summed E-state index contributed by atoms with van der Waals surface area (Å²) in [6.45, 7) is 7.67. The van der Waals surface area contributed by atoms with Crippen molar-refractivity contribution in [1.82, 2.24) is 4.57 Å². The Bertz CT molecular complexity index is 625. The third kappa shape index (κ3) is 3.06. The van der Waals surface area contributed by atoms with E-state index >= 15 is 0 Å². The van der Waals surface area contributed by atoms with Gasteiger partial charge in [-0.1, -0.05) is 6.58 Å². The van der Waals surface area contributed by atoms with Gasteiger partial charge in [0.05, 0.1) is 5.03 Å². The predicted molar refractivity (Wildman–Crippen MR) is 79.9 cm³/mol. The molecule has 100 valence electrons. The number of aromatic nitrogens is 1. The Kier molecular flexibility index (Phi) is 4.95. The van der Waals surface area contributed by atoms with Gasteiger partial charge in [0.25, 0.3) is 5.56 Å². The highest BCUT2D eigenvalue weighted by Gasteiger charge is 2.15. The largest absolute Gasteiger partial charge is 0.336 e. The maximum Gasteiger partial charge on any atom is 0.270 e. The van der Waals surface area contributed by atoms with E-state index in [0.717, 1.165) is 0 Å². The van der Waals surface area contributed by atoms with Crippen LogP contribution in [0.2, 0.25) is 0 Å². The van der Waals surface area contributed by atoms with Crippen molar-refractivity contribution < 1.29 is 0 Å². The molecule has 0 aliphatic rings. The predicted octanol–water partition coefficient (Wildman–Crippen LogP) is 2.37. The number of hydrogen-bond acceptors (Lipinski definition) is 5. The number of nitriles is 1. The summed E-state index contributed by atoms with van der Waals surface area (Å²) in [5.41, 5.74) is 0.512. The zero-order valence-electron chi connectivity index (χ0n) is 11.2. The molecule has 0 aliphatic carbocycles. The highest BCUT2D eigenvalue weighted by Crippen LogP contribution is 2.20. The molecule has 0 fully saturated rings. The van der Waals surface area contributed by atoms with Gasteiger partial charge < -0.3 is 10.7 Å². The standard InChI is InChI=1S/C13H16N4OS/c1-5-17-12(16-9(3)19-4)11(8(2)15)6-10(7-14)13(17)18/h6,15-16H,3,5H2,1-2,4H3. The molecule has 0 saturated carbocycles. The zero-order valence-corrected chi connectivity index (χ0v) is 12.0. The summed E-state index contributed by atoms with van der Waals surface area (Å²) < 4.78 is 1.45. The van der Waals surface area contributed by atoms with Crippen LogP contribution < -0.4 is 10.9 Å². The van der Waals surface area contributed by atoms with Crippen LogP contribution >= 0.6 is 11.8 Å². The summed E-state index contributed by atoms with van der Waals surface area (Å²) in [5.74, 6) is 0.512. The van der Waals surface area contributed by atoms with Crippen LogP contribution in [-0.4, -0.2) is 16.5 Å². The molecule has 0 saturated heterocycles. The lowest BCUT2D eigenvalue weighted by molar-refractivity contribution is 0.732. The maximum atomic E-state index is 12.1. The van der Waals surface area contributed by atoms with E-state index in [1.165, 1.54) is 22.4 Å². The molecule has 0 spiro atoms. The number of pyridine rings is 1. The van der Waals surface area contributed by atoms with Gasteiger partial charge >= 0.3 is 0 Å². The molecule has 5 nitrogen and oxygen atoms in total. The fraction of sp³-hybridized carbons (Fsp3) is 0.308. The SMILES string of the molecule is C=C(Nc1c(C(C)=N)cc(C#N)c(=O)n1CC)SC. The summed E-state index contributed by atoms with van der Waals surface area (Å²) in [6.07, 6.45) is 1.87. The smallest absolute Gasteiger partial charge is 0.270 e. The van der Waals surface area contributed by atoms with Gasteiger partial charge in [-0.15, -0.1) is 11.8 Å². The fourth-order valence-electron chi connectivity index (χ4n) is 1.65. The Morgan fingerprint density at radius 2 is 2.32 bits per heavy atom. The molecule has 0 radical (unpaired) electrons. The van der Waals surface area contributed by atoms with Crippen LogP contribution in [0.25, 0.3) is 0 Å². The molecule has 1 aromatic rings. The molecule has 0 unspecified atom stereocenters. The van der Waals surface area contributed by atoms with Crippen molar-refractivity contribution in [3.63, 3.8) is 0 Å². The van der Waals surface area contributed by atoms with E-state index in [4.69, 9.17) is 10.7 Å². The first-order chi connectivity index (χ1) is 8.96. The van der Waals surface area contributed by atoms with Gasteiger partial charge in [-0.3, -0.25) is 9.36 Å². The molecule has 6 heteroatoms. The van der Waals surface area contributed by atoms with Gasteiger partial charge in [-0.2, -0.15) is 5.26 Å². The second-order valence-corrected chi connectivity index (χ2v) is 4.76. The summed E-state index contributed by atoms with van der Waals surface area (Å²) in [7, 11) is 0. The molecule has 0 aromatic carbocycles. The Balaban J connectivity index is 3.61. The lowest BCUT2D eigenvalue weighted by atomic mass is 10.1. The molecule has 2 N–H and O–H groups in total. The Morgan fingerprint density at radius 3 is 2.74 bits per heavy atom. The van der Waals surface area contributed by atoms with Gasteiger partial charge in [0.2, 0.25) is 0 Å². The number of nitrogens with one attached hydrogen (secondary N) is 2. The van der Waals surface area contributed by atoms with E-state index in [1.54, 1.807) is 6.92 Å². The lowest BCUT2D eigenvalue weighted by Crippen LogP contribution is -2.27. The molecular weight excluding hydrogens is 260 g/mol. The van der Waals surface area contributed by atoms with Crippen molar-refractivity contribution in [1.29, 1.82) is 10.7 Å². The second-order valence-electron chi connectivity index (χ2n) is 3.86. The average molecular weight is 276 g/mol. The van der Waals surface area contributed by atoms with E-state index in [-0.39, 0.29) is 16.8 Å². The van der Waals surface area contributed by atoms with E-state index in [0.29, 0.717) is 23.0 Å². The van der Waals surface area contributed by atoms with Gasteiger partial charge in [0.15, 0.2) is 0 Å². The van der Waals surface area contributed by atoms with Gasteiger partial charge in [-0.25, -0.2) is 0 Å². The number of anilines is 1. The molecule has 0 atom stereocenters. The topological polar surface area (TPSA) is 81.7 Å². The van der Waals surface area contributed by atoms with Crippen molar-refractivity contribution in [2.24, 2.45) is 0 Å². The Labute approximate surface area is 116 Å². The molecule has 19 heavy (non-hydrogen) atoms. The minimum atomic E-state index is -0.355. The normalized spacial score (nSPS) is 9.79. The van der Waals surface area contributed by atoms with Crippen LogP contribution in [0.5, 0.6) is 0 Å². The van der Waals surface area contributed by atoms with Gasteiger partial charge in [0.1, 0.15) is 17.5 Å². The second kappa shape index (κ2) is 6.25. The van der Waals surface area contributed by atoms with Crippen LogP contribution in [-0.2, 0) is 6.54 Å². The molecule has 0 bridgehead atoms. The van der Waals surface area contributed by atoms with Crippen LogP contribution in [0, 0.1) is 16.7 Å². The zero-order chi connectivity index (χ0) is 14.6. The average Bonchev–Trinajstić information content (AvgIpc) is 2.38. The number of rotatable bonds is 5. The minimum Gasteiger partial charge on any atom is -0.336 e. The summed E-state index contributed by atoms with van der Waals surface area (Å²) in [4.78, 5) is 12.1. The first kappa shape index (κ1) is 15.1.